The molecule has 1 amide bonds. The van der Waals surface area contributed by atoms with Crippen molar-refractivity contribution in [2.75, 3.05) is 19.4 Å². The number of hydrogen-bond acceptors (Lipinski definition) is 3. The van der Waals surface area contributed by atoms with Crippen molar-refractivity contribution in [2.24, 2.45) is 0 Å². The third-order valence-corrected chi connectivity index (χ3v) is 3.09. The molecule has 0 saturated carbocycles. The fraction of sp³-hybridized carbons (Fsp3) is 0.286. The summed E-state index contributed by atoms with van der Waals surface area (Å²) >= 11 is 2.01. The monoisotopic (exact) mass is 372 g/mol. The number of halogens is 1. The van der Waals surface area contributed by atoms with Gasteiger partial charge in [0.05, 0.1) is 3.58 Å². The number of ketones is 1. The van der Waals surface area contributed by atoms with Crippen molar-refractivity contribution in [3.63, 3.8) is 0 Å². The van der Waals surface area contributed by atoms with E-state index >= 15 is 0 Å². The summed E-state index contributed by atoms with van der Waals surface area (Å²) in [6.07, 6.45) is 2.18. The lowest BCUT2D eigenvalue weighted by molar-refractivity contribution is -0.115. The molecule has 4 nitrogen and oxygen atoms in total. The molecule has 0 aliphatic rings. The maximum atomic E-state index is 12.2. The minimum absolute atomic E-state index is 0.0538. The van der Waals surface area contributed by atoms with Crippen LogP contribution < -0.4 is 5.32 Å². The zero-order chi connectivity index (χ0) is 14.4. The molecule has 0 heterocycles. The first kappa shape index (κ1) is 15.7. The Hall–Kier alpha value is -1.37. The molecular formula is C14H17IN2O2. The van der Waals surface area contributed by atoms with Crippen LogP contribution >= 0.6 is 22.6 Å². The molecular weight excluding hydrogens is 355 g/mol. The Labute approximate surface area is 127 Å². The summed E-state index contributed by atoms with van der Waals surface area (Å²) in [5.41, 5.74) is 1.21. The van der Waals surface area contributed by atoms with E-state index in [0.717, 1.165) is 0 Å². The van der Waals surface area contributed by atoms with Gasteiger partial charge in [-0.05, 0) is 34.7 Å². The molecule has 0 spiro atoms. The van der Waals surface area contributed by atoms with Crippen LogP contribution in [0.4, 0.5) is 5.69 Å². The average molecular weight is 372 g/mol. The quantitative estimate of drug-likeness (QED) is 0.491. The van der Waals surface area contributed by atoms with Gasteiger partial charge in [0.2, 0.25) is 11.7 Å². The second kappa shape index (κ2) is 7.28. The number of hydrogen-bond donors (Lipinski definition) is 1. The molecule has 1 aromatic carbocycles. The molecule has 0 fully saturated rings. The Morgan fingerprint density at radius 1 is 1.37 bits per heavy atom. The Morgan fingerprint density at radius 3 is 2.63 bits per heavy atom. The van der Waals surface area contributed by atoms with Crippen LogP contribution in [-0.4, -0.2) is 30.7 Å². The van der Waals surface area contributed by atoms with Crippen LogP contribution in [0.15, 0.2) is 34.0 Å². The van der Waals surface area contributed by atoms with E-state index < -0.39 is 0 Å². The van der Waals surface area contributed by atoms with Crippen LogP contribution in [0.1, 0.15) is 23.7 Å². The summed E-state index contributed by atoms with van der Waals surface area (Å²) in [5.74, 6) is -0.120. The molecule has 1 rings (SSSR count). The van der Waals surface area contributed by atoms with Crippen molar-refractivity contribution in [1.82, 2.24) is 4.90 Å². The van der Waals surface area contributed by atoms with Gasteiger partial charge in [-0.15, -0.1) is 0 Å². The number of carbonyl (C=O) groups is 2. The number of nitrogens with one attached hydrogen (secondary N) is 1. The van der Waals surface area contributed by atoms with Crippen molar-refractivity contribution in [1.29, 1.82) is 0 Å². The van der Waals surface area contributed by atoms with Crippen molar-refractivity contribution in [3.05, 3.63) is 39.6 Å². The smallest absolute Gasteiger partial charge is 0.224 e. The van der Waals surface area contributed by atoms with E-state index in [1.807, 2.05) is 41.6 Å². The summed E-state index contributed by atoms with van der Waals surface area (Å²) in [4.78, 5) is 25.3. The maximum absolute atomic E-state index is 12.2. The minimum Gasteiger partial charge on any atom is -0.383 e. The standard InChI is InChI=1S/C14H17IN2O2/c1-4-13(18)16-11-7-5-6-10(8-11)14(19)12(15)9-17(2)3/h5-9H,4H2,1-3H3,(H,16,18). The van der Waals surface area contributed by atoms with E-state index in [1.165, 1.54) is 0 Å². The predicted octanol–water partition coefficient (Wildman–Crippen LogP) is 3.06. The van der Waals surface area contributed by atoms with E-state index in [2.05, 4.69) is 5.32 Å². The number of anilines is 1. The highest BCUT2D eigenvalue weighted by Gasteiger charge is 2.11. The zero-order valence-corrected chi connectivity index (χ0v) is 13.4. The van der Waals surface area contributed by atoms with Crippen LogP contribution in [0.25, 0.3) is 0 Å². The molecule has 102 valence electrons. The lowest BCUT2D eigenvalue weighted by Crippen LogP contribution is -2.10. The van der Waals surface area contributed by atoms with Crippen molar-refractivity contribution < 1.29 is 9.59 Å². The van der Waals surface area contributed by atoms with Gasteiger partial charge in [0.15, 0.2) is 0 Å². The van der Waals surface area contributed by atoms with E-state index in [4.69, 9.17) is 0 Å². The van der Waals surface area contributed by atoms with Crippen LogP contribution in [-0.2, 0) is 4.79 Å². The summed E-state index contributed by atoms with van der Waals surface area (Å²) < 4.78 is 0.626. The summed E-state index contributed by atoms with van der Waals surface area (Å²) in [6.45, 7) is 1.78. The molecule has 0 aromatic heterocycles. The molecule has 1 aromatic rings. The highest BCUT2D eigenvalue weighted by Crippen LogP contribution is 2.18. The molecule has 0 bridgehead atoms. The van der Waals surface area contributed by atoms with Gasteiger partial charge in [-0.2, -0.15) is 0 Å². The van der Waals surface area contributed by atoms with Gasteiger partial charge >= 0.3 is 0 Å². The van der Waals surface area contributed by atoms with Crippen molar-refractivity contribution >= 4 is 40.0 Å². The van der Waals surface area contributed by atoms with E-state index in [1.54, 1.807) is 37.4 Å². The minimum atomic E-state index is -0.0665. The van der Waals surface area contributed by atoms with Gasteiger partial charge in [0, 0.05) is 38.0 Å². The van der Waals surface area contributed by atoms with Gasteiger partial charge in [0.1, 0.15) is 0 Å². The Bertz CT molecular complexity index is 510. The predicted molar refractivity (Wildman–Crippen MR) is 85.5 cm³/mol. The first-order chi connectivity index (χ1) is 8.93. The van der Waals surface area contributed by atoms with Crippen LogP contribution in [0.2, 0.25) is 0 Å². The van der Waals surface area contributed by atoms with Crippen molar-refractivity contribution in [2.45, 2.75) is 13.3 Å². The van der Waals surface area contributed by atoms with Gasteiger partial charge in [-0.25, -0.2) is 0 Å². The number of rotatable bonds is 5. The number of carbonyl (C=O) groups excluding carboxylic acids is 2. The normalized spacial score (nSPS) is 11.1. The Balaban J connectivity index is 2.93. The number of nitrogens with zero attached hydrogens (tertiary/aromatic N) is 1. The Kier molecular flexibility index (Phi) is 6.01. The third-order valence-electron chi connectivity index (χ3n) is 2.32. The molecule has 0 aliphatic heterocycles. The van der Waals surface area contributed by atoms with Gasteiger partial charge < -0.3 is 10.2 Å². The average Bonchev–Trinajstić information content (AvgIpc) is 2.37. The van der Waals surface area contributed by atoms with Gasteiger partial charge in [-0.3, -0.25) is 9.59 Å². The number of allylic oxidation sites excluding steroid dienone is 1. The molecule has 1 N–H and O–H groups in total. The topological polar surface area (TPSA) is 49.4 Å². The van der Waals surface area contributed by atoms with Gasteiger partial charge in [-0.1, -0.05) is 19.1 Å². The highest BCUT2D eigenvalue weighted by atomic mass is 127. The molecule has 19 heavy (non-hydrogen) atoms. The van der Waals surface area contributed by atoms with Crippen LogP contribution in [0.5, 0.6) is 0 Å². The van der Waals surface area contributed by atoms with Crippen LogP contribution in [0.3, 0.4) is 0 Å². The SMILES string of the molecule is CCC(=O)Nc1cccc(C(=O)C(I)=CN(C)C)c1. The second-order valence-corrected chi connectivity index (χ2v) is 5.41. The molecule has 0 unspecified atom stereocenters. The van der Waals surface area contributed by atoms with Crippen molar-refractivity contribution in [3.8, 4) is 0 Å². The van der Waals surface area contributed by atoms with E-state index in [9.17, 15) is 9.59 Å². The largest absolute Gasteiger partial charge is 0.383 e. The lowest BCUT2D eigenvalue weighted by Gasteiger charge is -2.08. The fourth-order valence-electron chi connectivity index (χ4n) is 1.41. The lowest BCUT2D eigenvalue weighted by atomic mass is 10.1. The molecule has 0 saturated heterocycles. The summed E-state index contributed by atoms with van der Waals surface area (Å²) in [5, 5.41) is 2.74. The molecule has 0 radical (unpaired) electrons. The van der Waals surface area contributed by atoms with E-state index in [0.29, 0.717) is 21.3 Å². The molecule has 0 aliphatic carbocycles. The molecule has 5 heteroatoms. The highest BCUT2D eigenvalue weighted by molar-refractivity contribution is 14.1. The number of benzene rings is 1. The Morgan fingerprint density at radius 2 is 2.05 bits per heavy atom. The first-order valence-electron chi connectivity index (χ1n) is 5.92. The maximum Gasteiger partial charge on any atom is 0.224 e. The molecule has 0 atom stereocenters. The first-order valence-corrected chi connectivity index (χ1v) is 7.00. The fourth-order valence-corrected chi connectivity index (χ4v) is 2.28. The zero-order valence-electron chi connectivity index (χ0n) is 11.2. The summed E-state index contributed by atoms with van der Waals surface area (Å²) in [7, 11) is 3.73. The van der Waals surface area contributed by atoms with Crippen LogP contribution in [0, 0.1) is 0 Å². The second-order valence-electron chi connectivity index (χ2n) is 4.25. The van der Waals surface area contributed by atoms with E-state index in [-0.39, 0.29) is 11.7 Å². The third kappa shape index (κ3) is 5.02. The number of amides is 1. The van der Waals surface area contributed by atoms with Gasteiger partial charge in [0.25, 0.3) is 0 Å². The number of Topliss-reactive ketones (excluding diaryl/α,β-unsaturated/α-hetero) is 1. The summed E-state index contributed by atoms with van der Waals surface area (Å²) in [6, 6.07) is 6.97.